The summed E-state index contributed by atoms with van der Waals surface area (Å²) in [7, 11) is -3.81. The lowest BCUT2D eigenvalue weighted by Gasteiger charge is -2.24. The highest BCUT2D eigenvalue weighted by Crippen LogP contribution is 2.24. The van der Waals surface area contributed by atoms with E-state index in [4.69, 9.17) is 11.5 Å². The molecule has 0 aliphatic rings. The van der Waals surface area contributed by atoms with Gasteiger partial charge in [-0.3, -0.25) is 4.79 Å². The Balaban J connectivity index is 3.08. The highest BCUT2D eigenvalue weighted by molar-refractivity contribution is 9.10. The van der Waals surface area contributed by atoms with Gasteiger partial charge in [0.15, 0.2) is 0 Å². The maximum Gasteiger partial charge on any atom is 0.243 e. The fraction of sp³-hybridized carbons (Fsp3) is 0.364. The summed E-state index contributed by atoms with van der Waals surface area (Å²) in [4.78, 5) is 10.9. The van der Waals surface area contributed by atoms with Crippen LogP contribution in [0, 0.1) is 0 Å². The Kier molecular flexibility index (Phi) is 4.59. The van der Waals surface area contributed by atoms with Crippen molar-refractivity contribution in [2.75, 3.05) is 5.73 Å². The van der Waals surface area contributed by atoms with E-state index < -0.39 is 21.5 Å². The number of nitrogens with two attached hydrogens (primary N) is 2. The summed E-state index contributed by atoms with van der Waals surface area (Å²) in [5, 5.41) is 0. The maximum absolute atomic E-state index is 12.2. The molecule has 1 aromatic rings. The number of anilines is 1. The smallest absolute Gasteiger partial charge is 0.243 e. The van der Waals surface area contributed by atoms with E-state index in [1.54, 1.807) is 19.9 Å². The van der Waals surface area contributed by atoms with Gasteiger partial charge in [0, 0.05) is 16.4 Å². The number of carbonyl (C=O) groups excluding carboxylic acids is 1. The minimum atomic E-state index is -3.81. The number of hydrogen-bond donors (Lipinski definition) is 3. The van der Waals surface area contributed by atoms with Crippen LogP contribution >= 0.6 is 15.9 Å². The van der Waals surface area contributed by atoms with E-state index in [1.165, 1.54) is 12.1 Å². The van der Waals surface area contributed by atoms with Gasteiger partial charge in [-0.05, 0) is 32.0 Å². The molecule has 0 bridgehead atoms. The number of primary amides is 1. The minimum absolute atomic E-state index is 0.0340. The second kappa shape index (κ2) is 5.48. The van der Waals surface area contributed by atoms with Crippen LogP contribution in [0.15, 0.2) is 27.6 Å². The van der Waals surface area contributed by atoms with Gasteiger partial charge in [0.1, 0.15) is 4.90 Å². The van der Waals surface area contributed by atoms with Gasteiger partial charge < -0.3 is 11.5 Å². The standard InChI is InChI=1S/C11H16BrN3O3S/c1-11(2,6-10(14)16)15-19(17,18)9-4-3-7(12)5-8(9)13/h3-5,15H,6,13H2,1-2H3,(H2,14,16). The molecule has 6 nitrogen and oxygen atoms in total. The number of hydrogen-bond acceptors (Lipinski definition) is 4. The summed E-state index contributed by atoms with van der Waals surface area (Å²) >= 11 is 3.20. The quantitative estimate of drug-likeness (QED) is 0.686. The highest BCUT2D eigenvalue weighted by Gasteiger charge is 2.29. The van der Waals surface area contributed by atoms with E-state index in [-0.39, 0.29) is 17.0 Å². The molecule has 1 amide bonds. The number of benzene rings is 1. The van der Waals surface area contributed by atoms with Crippen LogP contribution < -0.4 is 16.2 Å². The first-order valence-electron chi connectivity index (χ1n) is 5.41. The van der Waals surface area contributed by atoms with Gasteiger partial charge in [0.2, 0.25) is 15.9 Å². The Bertz CT molecular complexity index is 599. The van der Waals surface area contributed by atoms with Crippen molar-refractivity contribution in [2.24, 2.45) is 5.73 Å². The van der Waals surface area contributed by atoms with E-state index in [9.17, 15) is 13.2 Å². The number of nitrogen functional groups attached to an aromatic ring is 1. The zero-order chi connectivity index (χ0) is 14.8. The topological polar surface area (TPSA) is 115 Å². The zero-order valence-corrected chi connectivity index (χ0v) is 13.0. The normalized spacial score (nSPS) is 12.4. The van der Waals surface area contributed by atoms with Gasteiger partial charge in [-0.1, -0.05) is 15.9 Å². The van der Waals surface area contributed by atoms with E-state index in [0.717, 1.165) is 0 Å². The second-order valence-electron chi connectivity index (χ2n) is 4.81. The lowest BCUT2D eigenvalue weighted by Crippen LogP contribution is -2.46. The average molecular weight is 350 g/mol. The molecular weight excluding hydrogens is 334 g/mol. The number of nitrogens with one attached hydrogen (secondary N) is 1. The molecule has 19 heavy (non-hydrogen) atoms. The SMILES string of the molecule is CC(C)(CC(N)=O)NS(=O)(=O)c1ccc(Br)cc1N. The maximum atomic E-state index is 12.2. The number of sulfonamides is 1. The molecular formula is C11H16BrN3O3S. The Hall–Kier alpha value is -1.12. The molecule has 0 saturated carbocycles. The lowest BCUT2D eigenvalue weighted by atomic mass is 10.0. The molecule has 1 aromatic carbocycles. The summed E-state index contributed by atoms with van der Waals surface area (Å²) in [6.07, 6.45) is -0.108. The van der Waals surface area contributed by atoms with Gasteiger partial charge in [-0.2, -0.15) is 0 Å². The van der Waals surface area contributed by atoms with E-state index in [0.29, 0.717) is 4.47 Å². The first-order valence-corrected chi connectivity index (χ1v) is 7.68. The first-order chi connectivity index (χ1) is 8.53. The van der Waals surface area contributed by atoms with Crippen molar-refractivity contribution in [1.82, 2.24) is 4.72 Å². The first kappa shape index (κ1) is 15.9. The molecule has 0 aliphatic heterocycles. The predicted octanol–water partition coefficient (Wildman–Crippen LogP) is 0.964. The second-order valence-corrected chi connectivity index (χ2v) is 7.38. The molecule has 0 fully saturated rings. The summed E-state index contributed by atoms with van der Waals surface area (Å²) in [5.74, 6) is -0.587. The number of amides is 1. The molecule has 1 rings (SSSR count). The Labute approximate surface area is 120 Å². The number of carbonyl (C=O) groups is 1. The number of rotatable bonds is 5. The third kappa shape index (κ3) is 4.48. The molecule has 0 heterocycles. The highest BCUT2D eigenvalue weighted by atomic mass is 79.9. The van der Waals surface area contributed by atoms with Crippen LogP contribution in [0.5, 0.6) is 0 Å². The fourth-order valence-corrected chi connectivity index (χ4v) is 3.56. The molecule has 0 radical (unpaired) electrons. The number of halogens is 1. The molecule has 0 aromatic heterocycles. The largest absolute Gasteiger partial charge is 0.398 e. The molecule has 0 saturated heterocycles. The summed E-state index contributed by atoms with van der Waals surface area (Å²) in [6.45, 7) is 3.15. The van der Waals surface area contributed by atoms with E-state index in [2.05, 4.69) is 20.7 Å². The van der Waals surface area contributed by atoms with Crippen molar-refractivity contribution in [3.05, 3.63) is 22.7 Å². The van der Waals surface area contributed by atoms with Crippen molar-refractivity contribution >= 4 is 37.5 Å². The van der Waals surface area contributed by atoms with Crippen LogP contribution in [-0.4, -0.2) is 19.9 Å². The summed E-state index contributed by atoms with van der Waals surface area (Å²) in [6, 6.07) is 4.46. The minimum Gasteiger partial charge on any atom is -0.398 e. The molecule has 106 valence electrons. The molecule has 0 unspecified atom stereocenters. The van der Waals surface area contributed by atoms with Crippen LogP contribution in [0.3, 0.4) is 0 Å². The van der Waals surface area contributed by atoms with Crippen LogP contribution in [-0.2, 0) is 14.8 Å². The van der Waals surface area contributed by atoms with Crippen molar-refractivity contribution in [3.8, 4) is 0 Å². The molecule has 0 aliphatic carbocycles. The average Bonchev–Trinajstić information content (AvgIpc) is 2.11. The van der Waals surface area contributed by atoms with E-state index in [1.807, 2.05) is 0 Å². The Morgan fingerprint density at radius 1 is 1.42 bits per heavy atom. The monoisotopic (exact) mass is 349 g/mol. The van der Waals surface area contributed by atoms with E-state index >= 15 is 0 Å². The van der Waals surface area contributed by atoms with Gasteiger partial charge in [0.05, 0.1) is 5.69 Å². The van der Waals surface area contributed by atoms with Gasteiger partial charge in [-0.25, -0.2) is 13.1 Å². The van der Waals surface area contributed by atoms with Crippen molar-refractivity contribution in [3.63, 3.8) is 0 Å². The van der Waals surface area contributed by atoms with Crippen LogP contribution in [0.25, 0.3) is 0 Å². The zero-order valence-electron chi connectivity index (χ0n) is 10.6. The van der Waals surface area contributed by atoms with Crippen LogP contribution in [0.2, 0.25) is 0 Å². The van der Waals surface area contributed by atoms with Crippen LogP contribution in [0.4, 0.5) is 5.69 Å². The fourth-order valence-electron chi connectivity index (χ4n) is 1.65. The van der Waals surface area contributed by atoms with Crippen molar-refractivity contribution < 1.29 is 13.2 Å². The Morgan fingerprint density at radius 2 is 2.00 bits per heavy atom. The summed E-state index contributed by atoms with van der Waals surface area (Å²) in [5.41, 5.74) is 9.91. The third-order valence-corrected chi connectivity index (χ3v) is 4.55. The third-order valence-electron chi connectivity index (χ3n) is 2.29. The van der Waals surface area contributed by atoms with Gasteiger partial charge in [-0.15, -0.1) is 0 Å². The molecule has 8 heteroatoms. The van der Waals surface area contributed by atoms with Gasteiger partial charge >= 0.3 is 0 Å². The van der Waals surface area contributed by atoms with Crippen LogP contribution in [0.1, 0.15) is 20.3 Å². The molecule has 5 N–H and O–H groups in total. The lowest BCUT2D eigenvalue weighted by molar-refractivity contribution is -0.119. The molecule has 0 spiro atoms. The van der Waals surface area contributed by atoms with Crippen molar-refractivity contribution in [2.45, 2.75) is 30.7 Å². The van der Waals surface area contributed by atoms with Crippen molar-refractivity contribution in [1.29, 1.82) is 0 Å². The summed E-state index contributed by atoms with van der Waals surface area (Å²) < 4.78 is 27.5. The predicted molar refractivity (Wildman–Crippen MR) is 76.8 cm³/mol. The molecule has 0 atom stereocenters. The van der Waals surface area contributed by atoms with Gasteiger partial charge in [0.25, 0.3) is 0 Å². The Morgan fingerprint density at radius 3 is 2.47 bits per heavy atom.